The van der Waals surface area contributed by atoms with Crippen molar-refractivity contribution in [3.63, 3.8) is 0 Å². The first kappa shape index (κ1) is 15.4. The summed E-state index contributed by atoms with van der Waals surface area (Å²) in [6.45, 7) is 5.71. The minimum atomic E-state index is 0.557. The van der Waals surface area contributed by atoms with E-state index in [1.807, 2.05) is 19.3 Å². The van der Waals surface area contributed by atoms with Gasteiger partial charge in [-0.3, -0.25) is 14.9 Å². The minimum Gasteiger partial charge on any atom is -0.369 e. The Hall–Kier alpha value is -2.52. The van der Waals surface area contributed by atoms with Crippen molar-refractivity contribution >= 4 is 5.82 Å². The zero-order chi connectivity index (χ0) is 16.1. The zero-order valence-corrected chi connectivity index (χ0v) is 13.2. The summed E-state index contributed by atoms with van der Waals surface area (Å²) in [7, 11) is 0. The summed E-state index contributed by atoms with van der Waals surface area (Å²) in [6.07, 6.45) is 6.52. The number of aromatic nitrogens is 3. The Bertz CT molecular complexity index is 691. The van der Waals surface area contributed by atoms with Crippen LogP contribution in [0.5, 0.6) is 0 Å². The molecule has 6 heteroatoms. The number of pyridine rings is 1. The number of hydrogen-bond acceptors (Lipinski definition) is 6. The van der Waals surface area contributed by atoms with Crippen molar-refractivity contribution in [3.8, 4) is 6.07 Å². The first-order valence-electron chi connectivity index (χ1n) is 7.83. The molecule has 1 aliphatic heterocycles. The first-order valence-corrected chi connectivity index (χ1v) is 7.83. The molecule has 118 valence electrons. The van der Waals surface area contributed by atoms with Crippen molar-refractivity contribution in [1.29, 1.82) is 5.26 Å². The van der Waals surface area contributed by atoms with E-state index < -0.39 is 0 Å². The van der Waals surface area contributed by atoms with Crippen LogP contribution in [-0.4, -0.2) is 39.5 Å². The average Bonchev–Trinajstić information content (AvgIpc) is 3.03. The van der Waals surface area contributed by atoms with E-state index in [4.69, 9.17) is 5.26 Å². The summed E-state index contributed by atoms with van der Waals surface area (Å²) in [4.78, 5) is 15.4. The molecule has 6 nitrogen and oxygen atoms in total. The van der Waals surface area contributed by atoms with Gasteiger partial charge in [-0.25, -0.2) is 4.98 Å². The molecule has 0 radical (unpaired) electrons. The number of nitrogens with one attached hydrogen (secondary N) is 1. The number of nitrogens with zero attached hydrogens (tertiary/aromatic N) is 5. The van der Waals surface area contributed by atoms with Crippen LogP contribution in [0.3, 0.4) is 0 Å². The van der Waals surface area contributed by atoms with Gasteiger partial charge in [-0.1, -0.05) is 0 Å². The summed E-state index contributed by atoms with van der Waals surface area (Å²) in [6, 6.07) is 5.73. The van der Waals surface area contributed by atoms with Crippen molar-refractivity contribution in [1.82, 2.24) is 19.9 Å². The van der Waals surface area contributed by atoms with E-state index in [0.717, 1.165) is 44.0 Å². The zero-order valence-electron chi connectivity index (χ0n) is 13.2. The topological polar surface area (TPSA) is 77.7 Å². The van der Waals surface area contributed by atoms with Crippen LogP contribution in [0, 0.1) is 24.2 Å². The molecule has 2 aromatic rings. The van der Waals surface area contributed by atoms with E-state index in [2.05, 4.69) is 31.2 Å². The predicted octanol–water partition coefficient (Wildman–Crippen LogP) is 1.99. The van der Waals surface area contributed by atoms with E-state index in [0.29, 0.717) is 17.3 Å². The molecule has 1 N–H and O–H groups in total. The summed E-state index contributed by atoms with van der Waals surface area (Å²) >= 11 is 0. The van der Waals surface area contributed by atoms with Gasteiger partial charge in [0.05, 0.1) is 17.0 Å². The molecule has 0 aromatic carbocycles. The Balaban J connectivity index is 1.50. The van der Waals surface area contributed by atoms with Gasteiger partial charge in [0.25, 0.3) is 0 Å². The number of likely N-dealkylation sites (tertiary alicyclic amines) is 1. The third-order valence-corrected chi connectivity index (χ3v) is 4.08. The van der Waals surface area contributed by atoms with E-state index in [1.54, 1.807) is 18.3 Å². The lowest BCUT2D eigenvalue weighted by atomic mass is 10.1. The highest BCUT2D eigenvalue weighted by atomic mass is 15.2. The van der Waals surface area contributed by atoms with Gasteiger partial charge in [0.1, 0.15) is 11.9 Å². The maximum Gasteiger partial charge on any atom is 0.143 e. The van der Waals surface area contributed by atoms with Crippen molar-refractivity contribution in [3.05, 3.63) is 47.7 Å². The Kier molecular flexibility index (Phi) is 4.79. The lowest BCUT2D eigenvalue weighted by molar-refractivity contribution is 0.314. The maximum atomic E-state index is 9.08. The van der Waals surface area contributed by atoms with Gasteiger partial charge in [0.15, 0.2) is 0 Å². The Morgan fingerprint density at radius 2 is 2.26 bits per heavy atom. The summed E-state index contributed by atoms with van der Waals surface area (Å²) in [5.41, 5.74) is 2.55. The van der Waals surface area contributed by atoms with Crippen LogP contribution in [0.1, 0.15) is 23.4 Å². The number of rotatable bonds is 5. The van der Waals surface area contributed by atoms with Crippen molar-refractivity contribution in [2.45, 2.75) is 19.9 Å². The molecule has 2 aromatic heterocycles. The molecule has 3 rings (SSSR count). The van der Waals surface area contributed by atoms with E-state index in [-0.39, 0.29) is 0 Å². The highest BCUT2D eigenvalue weighted by Gasteiger charge is 2.23. The predicted molar refractivity (Wildman–Crippen MR) is 87.6 cm³/mol. The van der Waals surface area contributed by atoms with Gasteiger partial charge in [0.2, 0.25) is 0 Å². The summed E-state index contributed by atoms with van der Waals surface area (Å²) < 4.78 is 0. The van der Waals surface area contributed by atoms with Crippen LogP contribution >= 0.6 is 0 Å². The molecule has 0 amide bonds. The Morgan fingerprint density at radius 1 is 1.35 bits per heavy atom. The second kappa shape index (κ2) is 7.16. The molecule has 0 aliphatic carbocycles. The van der Waals surface area contributed by atoms with Crippen LogP contribution in [0.2, 0.25) is 0 Å². The van der Waals surface area contributed by atoms with Crippen molar-refractivity contribution < 1.29 is 0 Å². The average molecular weight is 308 g/mol. The molecule has 1 unspecified atom stereocenters. The number of aryl methyl sites for hydroxylation is 1. The molecule has 1 atom stereocenters. The number of hydrogen-bond donors (Lipinski definition) is 1. The highest BCUT2D eigenvalue weighted by molar-refractivity contribution is 5.51. The normalized spacial score (nSPS) is 17.8. The van der Waals surface area contributed by atoms with Crippen LogP contribution in [-0.2, 0) is 6.54 Å². The van der Waals surface area contributed by atoms with Crippen LogP contribution in [0.4, 0.5) is 5.82 Å². The molecule has 0 bridgehead atoms. The molecule has 23 heavy (non-hydrogen) atoms. The van der Waals surface area contributed by atoms with E-state index >= 15 is 0 Å². The molecular formula is C17H20N6. The summed E-state index contributed by atoms with van der Waals surface area (Å²) in [5, 5.41) is 12.4. The van der Waals surface area contributed by atoms with E-state index in [9.17, 15) is 0 Å². The fourth-order valence-corrected chi connectivity index (χ4v) is 2.83. The Labute approximate surface area is 136 Å². The van der Waals surface area contributed by atoms with E-state index in [1.165, 1.54) is 0 Å². The molecule has 1 aliphatic rings. The highest BCUT2D eigenvalue weighted by Crippen LogP contribution is 2.19. The van der Waals surface area contributed by atoms with Crippen molar-refractivity contribution in [2.75, 3.05) is 25.0 Å². The monoisotopic (exact) mass is 308 g/mol. The van der Waals surface area contributed by atoms with Gasteiger partial charge >= 0.3 is 0 Å². The molecular weight excluding hydrogens is 288 g/mol. The van der Waals surface area contributed by atoms with Gasteiger partial charge in [-0.05, 0) is 37.9 Å². The van der Waals surface area contributed by atoms with Crippen LogP contribution < -0.4 is 5.32 Å². The first-order chi connectivity index (χ1) is 11.2. The molecule has 0 spiro atoms. The standard InChI is InChI=1S/C17H20N6/c1-13-8-21-16(10-20-13)12-23-6-4-14(11-23)9-22-17-15(7-18)3-2-5-19-17/h2-3,5,8,10,14H,4,6,9,11-12H2,1H3,(H,19,22). The summed E-state index contributed by atoms with van der Waals surface area (Å²) in [5.74, 6) is 1.24. The van der Waals surface area contributed by atoms with Gasteiger partial charge in [-0.15, -0.1) is 0 Å². The van der Waals surface area contributed by atoms with Crippen molar-refractivity contribution in [2.24, 2.45) is 5.92 Å². The van der Waals surface area contributed by atoms with Gasteiger partial charge < -0.3 is 5.32 Å². The lowest BCUT2D eigenvalue weighted by Crippen LogP contribution is -2.23. The fourth-order valence-electron chi connectivity index (χ4n) is 2.83. The van der Waals surface area contributed by atoms with Gasteiger partial charge in [-0.2, -0.15) is 5.26 Å². The second-order valence-corrected chi connectivity index (χ2v) is 5.93. The number of anilines is 1. The molecule has 1 saturated heterocycles. The fraction of sp³-hybridized carbons (Fsp3) is 0.412. The molecule has 3 heterocycles. The Morgan fingerprint density at radius 3 is 3.04 bits per heavy atom. The third-order valence-electron chi connectivity index (χ3n) is 4.08. The van der Waals surface area contributed by atoms with Gasteiger partial charge in [0, 0.05) is 38.2 Å². The van der Waals surface area contributed by atoms with Crippen LogP contribution in [0.15, 0.2) is 30.7 Å². The number of nitriles is 1. The molecule has 0 saturated carbocycles. The van der Waals surface area contributed by atoms with Crippen LogP contribution in [0.25, 0.3) is 0 Å². The lowest BCUT2D eigenvalue weighted by Gasteiger charge is -2.16. The second-order valence-electron chi connectivity index (χ2n) is 5.93. The quantitative estimate of drug-likeness (QED) is 0.910. The SMILES string of the molecule is Cc1cnc(CN2CCC(CNc3ncccc3C#N)C2)cn1. The smallest absolute Gasteiger partial charge is 0.143 e. The third kappa shape index (κ3) is 4.02. The minimum absolute atomic E-state index is 0.557. The molecule has 1 fully saturated rings. The maximum absolute atomic E-state index is 9.08. The largest absolute Gasteiger partial charge is 0.369 e.